The van der Waals surface area contributed by atoms with Gasteiger partial charge in [-0.05, 0) is 20.3 Å². The minimum atomic E-state index is -0.213. The lowest BCUT2D eigenvalue weighted by Gasteiger charge is -2.01. The first-order valence-electron chi connectivity index (χ1n) is 5.20. The Kier molecular flexibility index (Phi) is 12.0. The van der Waals surface area contributed by atoms with Crippen molar-refractivity contribution in [3.05, 3.63) is 0 Å². The van der Waals surface area contributed by atoms with Crippen LogP contribution < -0.4 is 0 Å². The van der Waals surface area contributed by atoms with Crippen molar-refractivity contribution in [3.8, 4) is 0 Å². The molecule has 0 fully saturated rings. The van der Waals surface area contributed by atoms with Crippen LogP contribution in [-0.4, -0.2) is 24.6 Å². The third-order valence-electron chi connectivity index (χ3n) is 1.20. The lowest BCUT2D eigenvalue weighted by molar-refractivity contribution is -0.144. The van der Waals surface area contributed by atoms with Crippen LogP contribution in [0.5, 0.6) is 0 Å². The van der Waals surface area contributed by atoms with E-state index in [1.165, 1.54) is 13.8 Å². The molecule has 4 nitrogen and oxygen atoms in total. The van der Waals surface area contributed by atoms with Crippen LogP contribution in [0.3, 0.4) is 0 Å². The van der Waals surface area contributed by atoms with E-state index in [1.807, 2.05) is 13.8 Å². The maximum absolute atomic E-state index is 10.1. The summed E-state index contributed by atoms with van der Waals surface area (Å²) in [5.41, 5.74) is 0. The third kappa shape index (κ3) is 24.6. The number of hydrogen-bond donors (Lipinski definition) is 0. The molecule has 0 spiro atoms. The van der Waals surface area contributed by atoms with Crippen molar-refractivity contribution in [3.63, 3.8) is 0 Å². The lowest BCUT2D eigenvalue weighted by Crippen LogP contribution is -2.06. The largest absolute Gasteiger partial charge is 0.466 e. The summed E-state index contributed by atoms with van der Waals surface area (Å²) in [6.07, 6.45) is 2.07. The Hall–Kier alpha value is -1.06. The van der Waals surface area contributed by atoms with Crippen LogP contribution in [0.1, 0.15) is 47.5 Å². The quantitative estimate of drug-likeness (QED) is 0.536. The molecule has 0 saturated heterocycles. The summed E-state index contributed by atoms with van der Waals surface area (Å²) in [6, 6.07) is 0. The molecule has 0 heterocycles. The van der Waals surface area contributed by atoms with Gasteiger partial charge in [-0.3, -0.25) is 9.59 Å². The van der Waals surface area contributed by atoms with Gasteiger partial charge < -0.3 is 9.47 Å². The third-order valence-corrected chi connectivity index (χ3v) is 1.20. The Morgan fingerprint density at radius 2 is 1.67 bits per heavy atom. The van der Waals surface area contributed by atoms with E-state index in [0.29, 0.717) is 6.61 Å². The van der Waals surface area contributed by atoms with Crippen molar-refractivity contribution in [2.75, 3.05) is 6.61 Å². The van der Waals surface area contributed by atoms with E-state index < -0.39 is 0 Å². The zero-order valence-corrected chi connectivity index (χ0v) is 10.3. The monoisotopic (exact) mass is 218 g/mol. The van der Waals surface area contributed by atoms with Gasteiger partial charge in [0.15, 0.2) is 0 Å². The van der Waals surface area contributed by atoms with Crippen LogP contribution in [0, 0.1) is 0 Å². The molecule has 0 rings (SSSR count). The highest BCUT2D eigenvalue weighted by molar-refractivity contribution is 5.66. The molecule has 0 saturated carbocycles. The van der Waals surface area contributed by atoms with E-state index in [4.69, 9.17) is 0 Å². The van der Waals surface area contributed by atoms with Crippen molar-refractivity contribution >= 4 is 11.9 Å². The van der Waals surface area contributed by atoms with E-state index in [2.05, 4.69) is 16.4 Å². The van der Waals surface area contributed by atoms with E-state index in [1.54, 1.807) is 0 Å². The SMILES string of the molecule is CC(=O)OC(C)C.CCCCOC(C)=O. The highest BCUT2D eigenvalue weighted by Crippen LogP contribution is 1.87. The second kappa shape index (κ2) is 11.0. The molecule has 0 aromatic rings. The molecule has 0 aromatic heterocycles. The molecule has 0 aliphatic carbocycles. The summed E-state index contributed by atoms with van der Waals surface area (Å²) in [5, 5.41) is 0. The smallest absolute Gasteiger partial charge is 0.302 e. The van der Waals surface area contributed by atoms with Crippen LogP contribution in [0.25, 0.3) is 0 Å². The van der Waals surface area contributed by atoms with Gasteiger partial charge in [0, 0.05) is 13.8 Å². The zero-order valence-electron chi connectivity index (χ0n) is 10.3. The van der Waals surface area contributed by atoms with Gasteiger partial charge in [0.2, 0.25) is 0 Å². The normalized spacial score (nSPS) is 8.93. The number of hydrogen-bond acceptors (Lipinski definition) is 4. The van der Waals surface area contributed by atoms with Crippen LogP contribution in [0.2, 0.25) is 0 Å². The molecule has 0 N–H and O–H groups in total. The van der Waals surface area contributed by atoms with Gasteiger partial charge >= 0.3 is 11.9 Å². The highest BCUT2D eigenvalue weighted by atomic mass is 16.5. The molecule has 0 amide bonds. The van der Waals surface area contributed by atoms with Crippen molar-refractivity contribution in [2.24, 2.45) is 0 Å². The molecule has 0 aromatic carbocycles. The number of ether oxygens (including phenoxy) is 2. The Bertz CT molecular complexity index is 175. The molecule has 0 aliphatic heterocycles. The lowest BCUT2D eigenvalue weighted by atomic mass is 10.4. The maximum atomic E-state index is 10.1. The fourth-order valence-electron chi connectivity index (χ4n) is 0.692. The molecule has 0 bridgehead atoms. The molecular weight excluding hydrogens is 196 g/mol. The predicted molar refractivity (Wildman–Crippen MR) is 58.4 cm³/mol. The van der Waals surface area contributed by atoms with Crippen LogP contribution in [0.4, 0.5) is 0 Å². The first-order chi connectivity index (χ1) is 6.90. The summed E-state index contributed by atoms with van der Waals surface area (Å²) in [7, 11) is 0. The van der Waals surface area contributed by atoms with Gasteiger partial charge in [0.25, 0.3) is 0 Å². The van der Waals surface area contributed by atoms with Crippen molar-refractivity contribution in [1.82, 2.24) is 0 Å². The van der Waals surface area contributed by atoms with E-state index >= 15 is 0 Å². The van der Waals surface area contributed by atoms with Crippen molar-refractivity contribution in [1.29, 1.82) is 0 Å². The standard InChI is InChI=1S/C6H12O2.C5H10O2/c1-3-4-5-8-6(2)7;1-4(2)7-5(3)6/h3-5H2,1-2H3;4H,1-3H3. The molecule has 15 heavy (non-hydrogen) atoms. The van der Waals surface area contributed by atoms with E-state index in [-0.39, 0.29) is 18.0 Å². The molecule has 0 radical (unpaired) electrons. The summed E-state index contributed by atoms with van der Waals surface area (Å²) in [4.78, 5) is 20.1. The van der Waals surface area contributed by atoms with Gasteiger partial charge in [-0.1, -0.05) is 13.3 Å². The second-order valence-corrected chi connectivity index (χ2v) is 3.35. The van der Waals surface area contributed by atoms with Crippen molar-refractivity contribution in [2.45, 2.75) is 53.6 Å². The zero-order chi connectivity index (χ0) is 12.3. The Balaban J connectivity index is 0. The molecule has 0 unspecified atom stereocenters. The summed E-state index contributed by atoms with van der Waals surface area (Å²) < 4.78 is 9.25. The number of unbranched alkanes of at least 4 members (excludes halogenated alkanes) is 1. The first-order valence-corrected chi connectivity index (χ1v) is 5.20. The first kappa shape index (κ1) is 16.4. The summed E-state index contributed by atoms with van der Waals surface area (Å²) in [6.45, 7) is 9.10. The van der Waals surface area contributed by atoms with Gasteiger partial charge in [-0.25, -0.2) is 0 Å². The van der Waals surface area contributed by atoms with E-state index in [9.17, 15) is 9.59 Å². The molecule has 0 aliphatic rings. The fourth-order valence-corrected chi connectivity index (χ4v) is 0.692. The average molecular weight is 218 g/mol. The minimum absolute atomic E-state index is 0.0255. The van der Waals surface area contributed by atoms with Crippen LogP contribution in [-0.2, 0) is 19.1 Å². The Morgan fingerprint density at radius 3 is 1.87 bits per heavy atom. The number of rotatable bonds is 4. The van der Waals surface area contributed by atoms with E-state index in [0.717, 1.165) is 12.8 Å². The van der Waals surface area contributed by atoms with Gasteiger partial charge in [0.1, 0.15) is 0 Å². The number of carbonyl (C=O) groups excluding carboxylic acids is 2. The Morgan fingerprint density at radius 1 is 1.13 bits per heavy atom. The van der Waals surface area contributed by atoms with Crippen LogP contribution in [0.15, 0.2) is 0 Å². The summed E-state index contributed by atoms with van der Waals surface area (Å²) >= 11 is 0. The topological polar surface area (TPSA) is 52.6 Å². The molecule has 0 atom stereocenters. The van der Waals surface area contributed by atoms with Gasteiger partial charge in [-0.15, -0.1) is 0 Å². The number of carbonyl (C=O) groups is 2. The number of esters is 2. The summed E-state index contributed by atoms with van der Waals surface area (Å²) in [5.74, 6) is -0.395. The van der Waals surface area contributed by atoms with Crippen molar-refractivity contribution < 1.29 is 19.1 Å². The predicted octanol–water partition coefficient (Wildman–Crippen LogP) is 2.31. The Labute approximate surface area is 91.9 Å². The highest BCUT2D eigenvalue weighted by Gasteiger charge is 1.93. The minimum Gasteiger partial charge on any atom is -0.466 e. The average Bonchev–Trinajstić information content (AvgIpc) is 2.02. The second-order valence-electron chi connectivity index (χ2n) is 3.35. The van der Waals surface area contributed by atoms with Crippen LogP contribution >= 0.6 is 0 Å². The molecular formula is C11H22O4. The fraction of sp³-hybridized carbons (Fsp3) is 0.818. The van der Waals surface area contributed by atoms with Gasteiger partial charge in [0.05, 0.1) is 12.7 Å². The molecule has 4 heteroatoms. The molecule has 90 valence electrons. The van der Waals surface area contributed by atoms with Gasteiger partial charge in [-0.2, -0.15) is 0 Å². The maximum Gasteiger partial charge on any atom is 0.302 e.